The molecule has 3 aromatic rings. The molecule has 0 fully saturated rings. The van der Waals surface area contributed by atoms with Crippen molar-refractivity contribution in [1.82, 2.24) is 14.9 Å². The van der Waals surface area contributed by atoms with Crippen LogP contribution >= 0.6 is 11.8 Å². The Balaban J connectivity index is 1.68. The zero-order chi connectivity index (χ0) is 22.4. The van der Waals surface area contributed by atoms with Crippen LogP contribution in [0.5, 0.6) is 11.5 Å². The Morgan fingerprint density at radius 3 is 2.55 bits per heavy atom. The molecule has 9 nitrogen and oxygen atoms in total. The molecule has 1 amide bonds. The fourth-order valence-electron chi connectivity index (χ4n) is 2.77. The summed E-state index contributed by atoms with van der Waals surface area (Å²) in [5.74, 6) is 6.90. The van der Waals surface area contributed by atoms with Gasteiger partial charge in [0.25, 0.3) is 5.56 Å². The van der Waals surface area contributed by atoms with Crippen molar-refractivity contribution in [1.29, 1.82) is 0 Å². The first-order chi connectivity index (χ1) is 14.9. The summed E-state index contributed by atoms with van der Waals surface area (Å²) in [5, 5.41) is 11.0. The number of anilines is 1. The Bertz CT molecular complexity index is 1130. The van der Waals surface area contributed by atoms with Gasteiger partial charge >= 0.3 is 0 Å². The van der Waals surface area contributed by atoms with Gasteiger partial charge in [0.1, 0.15) is 17.2 Å². The molecular weight excluding hydrogens is 418 g/mol. The minimum Gasteiger partial charge on any atom is -0.497 e. The molecule has 3 N–H and O–H groups in total. The number of aryl methyl sites for hydroxylation is 1. The summed E-state index contributed by atoms with van der Waals surface area (Å²) in [7, 11) is 3.09. The number of nitrogen functional groups attached to an aromatic ring is 1. The van der Waals surface area contributed by atoms with Crippen LogP contribution in [0.2, 0.25) is 0 Å². The molecule has 2 aromatic carbocycles. The van der Waals surface area contributed by atoms with Crippen LogP contribution < -0.4 is 26.2 Å². The molecule has 0 unspecified atom stereocenters. The number of nitrogens with one attached hydrogen (secondary N) is 1. The second-order valence-corrected chi connectivity index (χ2v) is 7.60. The van der Waals surface area contributed by atoms with Crippen molar-refractivity contribution in [3.8, 4) is 11.5 Å². The lowest BCUT2D eigenvalue weighted by atomic mass is 10.1. The van der Waals surface area contributed by atoms with Gasteiger partial charge in [0.2, 0.25) is 11.1 Å². The van der Waals surface area contributed by atoms with Crippen molar-refractivity contribution in [2.24, 2.45) is 0 Å². The number of methoxy groups -OCH3 is 2. The second kappa shape index (κ2) is 9.98. The first-order valence-corrected chi connectivity index (χ1v) is 10.3. The molecule has 3 rings (SSSR count). The summed E-state index contributed by atoms with van der Waals surface area (Å²) < 4.78 is 11.4. The number of benzene rings is 2. The predicted molar refractivity (Wildman–Crippen MR) is 119 cm³/mol. The smallest absolute Gasteiger partial charge is 0.294 e. The number of nitrogens with two attached hydrogens (primary N) is 1. The molecule has 10 heteroatoms. The molecule has 0 spiro atoms. The van der Waals surface area contributed by atoms with E-state index in [1.807, 2.05) is 31.2 Å². The van der Waals surface area contributed by atoms with Gasteiger partial charge in [-0.2, -0.15) is 4.68 Å². The third-order valence-electron chi connectivity index (χ3n) is 4.45. The average Bonchev–Trinajstić information content (AvgIpc) is 2.78. The Kier molecular flexibility index (Phi) is 7.14. The van der Waals surface area contributed by atoms with Gasteiger partial charge in [0, 0.05) is 23.7 Å². The fourth-order valence-corrected chi connectivity index (χ4v) is 3.42. The van der Waals surface area contributed by atoms with Gasteiger partial charge < -0.3 is 20.6 Å². The van der Waals surface area contributed by atoms with E-state index in [9.17, 15) is 9.59 Å². The summed E-state index contributed by atoms with van der Waals surface area (Å²) in [6.07, 6.45) is 0.190. The van der Waals surface area contributed by atoms with E-state index in [0.717, 1.165) is 27.6 Å². The fraction of sp³-hybridized carbons (Fsp3) is 0.238. The van der Waals surface area contributed by atoms with Gasteiger partial charge in [-0.15, -0.1) is 10.2 Å². The monoisotopic (exact) mass is 441 g/mol. The molecule has 0 aliphatic rings. The van der Waals surface area contributed by atoms with Crippen LogP contribution in [0.4, 0.5) is 5.69 Å². The summed E-state index contributed by atoms with van der Waals surface area (Å²) in [4.78, 5) is 24.8. The van der Waals surface area contributed by atoms with Gasteiger partial charge in [-0.1, -0.05) is 35.5 Å². The highest BCUT2D eigenvalue weighted by atomic mass is 32.2. The number of amides is 1. The highest BCUT2D eigenvalue weighted by Crippen LogP contribution is 2.25. The molecule has 0 saturated heterocycles. The Labute approximate surface area is 183 Å². The van der Waals surface area contributed by atoms with Gasteiger partial charge in [-0.05, 0) is 25.1 Å². The standard InChI is InChI=1S/C21H23N5O4S/c1-13-4-7-15(8-5-13)23-19(27)12-31-21-25-24-17(20(28)26(21)22)10-14-6-9-16(29-2)11-18(14)30-3/h4-9,11H,10,12,22H2,1-3H3,(H,23,27). The maximum atomic E-state index is 12.6. The Hall–Kier alpha value is -3.53. The number of rotatable bonds is 8. The lowest BCUT2D eigenvalue weighted by Gasteiger charge is -2.11. The molecular formula is C21H23N5O4S. The molecule has 0 aliphatic heterocycles. The van der Waals surface area contributed by atoms with Crippen molar-refractivity contribution in [3.63, 3.8) is 0 Å². The highest BCUT2D eigenvalue weighted by molar-refractivity contribution is 7.99. The number of nitrogens with zero attached hydrogens (tertiary/aromatic N) is 3. The minimum atomic E-state index is -0.491. The minimum absolute atomic E-state index is 0.0326. The summed E-state index contributed by atoms with van der Waals surface area (Å²) in [5.41, 5.74) is 2.21. The van der Waals surface area contributed by atoms with Crippen LogP contribution in [0.25, 0.3) is 0 Å². The maximum Gasteiger partial charge on any atom is 0.294 e. The number of hydrogen-bond donors (Lipinski definition) is 2. The molecule has 1 heterocycles. The first-order valence-electron chi connectivity index (χ1n) is 9.35. The molecule has 0 bridgehead atoms. The van der Waals surface area contributed by atoms with E-state index >= 15 is 0 Å². The number of carbonyl (C=O) groups is 1. The van der Waals surface area contributed by atoms with Gasteiger partial charge in [-0.3, -0.25) is 9.59 Å². The molecule has 0 aliphatic carbocycles. The number of hydrogen-bond acceptors (Lipinski definition) is 8. The average molecular weight is 442 g/mol. The number of ether oxygens (including phenoxy) is 2. The summed E-state index contributed by atoms with van der Waals surface area (Å²) in [6, 6.07) is 12.7. The maximum absolute atomic E-state index is 12.6. The van der Waals surface area contributed by atoms with Gasteiger partial charge in [-0.25, -0.2) is 0 Å². The number of thioether (sulfide) groups is 1. The van der Waals surface area contributed by atoms with Crippen molar-refractivity contribution in [2.75, 3.05) is 31.1 Å². The van der Waals surface area contributed by atoms with E-state index in [2.05, 4.69) is 15.5 Å². The Morgan fingerprint density at radius 2 is 1.87 bits per heavy atom. The molecule has 0 saturated carbocycles. The van der Waals surface area contributed by atoms with E-state index in [1.165, 1.54) is 7.11 Å². The van der Waals surface area contributed by atoms with Crippen molar-refractivity contribution >= 4 is 23.4 Å². The highest BCUT2D eigenvalue weighted by Gasteiger charge is 2.15. The predicted octanol–water partition coefficient (Wildman–Crippen LogP) is 2.00. The largest absolute Gasteiger partial charge is 0.497 e. The van der Waals surface area contributed by atoms with E-state index in [1.54, 1.807) is 25.3 Å². The molecule has 162 valence electrons. The van der Waals surface area contributed by atoms with Crippen molar-refractivity contribution in [3.05, 3.63) is 69.6 Å². The van der Waals surface area contributed by atoms with Crippen LogP contribution in [0.3, 0.4) is 0 Å². The topological polar surface area (TPSA) is 121 Å². The zero-order valence-electron chi connectivity index (χ0n) is 17.4. The lowest BCUT2D eigenvalue weighted by molar-refractivity contribution is -0.113. The third kappa shape index (κ3) is 5.54. The van der Waals surface area contributed by atoms with Crippen LogP contribution in [0.15, 0.2) is 52.4 Å². The first kappa shape index (κ1) is 22.2. The normalized spacial score (nSPS) is 10.5. The zero-order valence-corrected chi connectivity index (χ0v) is 18.2. The van der Waals surface area contributed by atoms with Crippen molar-refractivity contribution in [2.45, 2.75) is 18.5 Å². The number of aromatic nitrogens is 3. The molecule has 1 aromatic heterocycles. The van der Waals surface area contributed by atoms with Crippen LogP contribution in [-0.2, 0) is 11.2 Å². The molecule has 0 radical (unpaired) electrons. The number of carbonyl (C=O) groups excluding carboxylic acids is 1. The Morgan fingerprint density at radius 1 is 1.13 bits per heavy atom. The second-order valence-electron chi connectivity index (χ2n) is 6.66. The van der Waals surface area contributed by atoms with E-state index in [-0.39, 0.29) is 28.9 Å². The quantitative estimate of drug-likeness (QED) is 0.402. The van der Waals surface area contributed by atoms with Crippen molar-refractivity contribution < 1.29 is 14.3 Å². The molecule has 31 heavy (non-hydrogen) atoms. The van der Waals surface area contributed by atoms with E-state index in [4.69, 9.17) is 15.3 Å². The van der Waals surface area contributed by atoms with Crippen LogP contribution in [0, 0.1) is 6.92 Å². The van der Waals surface area contributed by atoms with Gasteiger partial charge in [0.05, 0.1) is 20.0 Å². The lowest BCUT2D eigenvalue weighted by Crippen LogP contribution is -2.34. The third-order valence-corrected chi connectivity index (χ3v) is 5.39. The molecule has 0 atom stereocenters. The summed E-state index contributed by atoms with van der Waals surface area (Å²) >= 11 is 1.03. The van der Waals surface area contributed by atoms with E-state index < -0.39 is 5.56 Å². The van der Waals surface area contributed by atoms with E-state index in [0.29, 0.717) is 17.2 Å². The SMILES string of the molecule is COc1ccc(Cc2nnc(SCC(=O)Nc3ccc(C)cc3)n(N)c2=O)c(OC)c1. The van der Waals surface area contributed by atoms with Gasteiger partial charge in [0.15, 0.2) is 0 Å². The van der Waals surface area contributed by atoms with Crippen LogP contribution in [0.1, 0.15) is 16.8 Å². The van der Waals surface area contributed by atoms with Crippen LogP contribution in [-0.4, -0.2) is 40.8 Å². The summed E-state index contributed by atoms with van der Waals surface area (Å²) in [6.45, 7) is 1.97.